The topological polar surface area (TPSA) is 72.2 Å². The zero-order chi connectivity index (χ0) is 18.9. The summed E-state index contributed by atoms with van der Waals surface area (Å²) in [5, 5.41) is 0. The van der Waals surface area contributed by atoms with Crippen LogP contribution in [-0.2, 0) is 14.3 Å². The summed E-state index contributed by atoms with van der Waals surface area (Å²) >= 11 is 0. The van der Waals surface area contributed by atoms with E-state index in [1.54, 1.807) is 34.1 Å². The van der Waals surface area contributed by atoms with E-state index in [0.29, 0.717) is 18.8 Å². The normalized spacial score (nSPS) is 23.5. The molecule has 0 aliphatic carbocycles. The van der Waals surface area contributed by atoms with E-state index >= 15 is 0 Å². The number of carbonyl (C=O) groups excluding carboxylic acids is 2. The van der Waals surface area contributed by atoms with E-state index in [1.165, 1.54) is 18.4 Å². The number of halogens is 1. The number of morpholine rings is 1. The molecule has 2 fully saturated rings. The Balaban J connectivity index is 1.57. The molecule has 4 rings (SSSR count). The highest BCUT2D eigenvalue weighted by Crippen LogP contribution is 2.28. The molecule has 3 heterocycles. The van der Waals surface area contributed by atoms with Crippen molar-refractivity contribution in [1.29, 1.82) is 0 Å². The van der Waals surface area contributed by atoms with Gasteiger partial charge in [-0.25, -0.2) is 4.39 Å². The van der Waals surface area contributed by atoms with Crippen LogP contribution >= 0.6 is 0 Å². The summed E-state index contributed by atoms with van der Waals surface area (Å²) in [6, 6.07) is 8.98. The first-order valence-corrected chi connectivity index (χ1v) is 8.67. The van der Waals surface area contributed by atoms with E-state index in [-0.39, 0.29) is 49.7 Å². The number of hydrogen-bond donors (Lipinski definition) is 0. The number of anilines is 1. The molecule has 27 heavy (non-hydrogen) atoms. The summed E-state index contributed by atoms with van der Waals surface area (Å²) in [6.45, 7) is 1.34. The van der Waals surface area contributed by atoms with E-state index in [2.05, 4.69) is 0 Å². The van der Waals surface area contributed by atoms with E-state index in [9.17, 15) is 14.0 Å². The second-order valence-corrected chi connectivity index (χ2v) is 6.68. The van der Waals surface area contributed by atoms with Gasteiger partial charge in [0.2, 0.25) is 0 Å². The number of nitrogens with zero attached hydrogens (tertiary/aromatic N) is 2. The first-order chi connectivity index (χ1) is 13.1. The molecule has 0 unspecified atom stereocenters. The summed E-state index contributed by atoms with van der Waals surface area (Å²) < 4.78 is 30.0. The SMILES string of the molecule is O=C(c1ccco1)N1CCOC[C@]2(C1)CN(c1ccc(F)cc1)C(=O)CO2. The Morgan fingerprint density at radius 2 is 1.96 bits per heavy atom. The lowest BCUT2D eigenvalue weighted by molar-refractivity contribution is -0.145. The molecule has 1 aromatic heterocycles. The maximum Gasteiger partial charge on any atom is 0.289 e. The minimum absolute atomic E-state index is 0.135. The van der Waals surface area contributed by atoms with Crippen LogP contribution in [0.15, 0.2) is 47.1 Å². The fourth-order valence-electron chi connectivity index (χ4n) is 3.39. The van der Waals surface area contributed by atoms with Crippen LogP contribution in [0, 0.1) is 5.82 Å². The van der Waals surface area contributed by atoms with E-state index in [4.69, 9.17) is 13.9 Å². The van der Waals surface area contributed by atoms with Crippen LogP contribution in [0.25, 0.3) is 0 Å². The molecule has 1 spiro atoms. The van der Waals surface area contributed by atoms with Crippen LogP contribution in [0.2, 0.25) is 0 Å². The third-order valence-electron chi connectivity index (χ3n) is 4.76. The molecule has 2 aromatic rings. The van der Waals surface area contributed by atoms with Gasteiger partial charge in [-0.2, -0.15) is 0 Å². The summed E-state index contributed by atoms with van der Waals surface area (Å²) in [7, 11) is 0. The molecule has 0 bridgehead atoms. The van der Waals surface area contributed by atoms with Gasteiger partial charge in [0.05, 0.1) is 32.6 Å². The van der Waals surface area contributed by atoms with Crippen LogP contribution in [0.3, 0.4) is 0 Å². The Labute approximate surface area is 155 Å². The first kappa shape index (κ1) is 17.7. The number of amides is 2. The number of ether oxygens (including phenoxy) is 2. The maximum absolute atomic E-state index is 13.2. The third-order valence-corrected chi connectivity index (χ3v) is 4.76. The van der Waals surface area contributed by atoms with Crippen molar-refractivity contribution in [3.63, 3.8) is 0 Å². The second-order valence-electron chi connectivity index (χ2n) is 6.68. The van der Waals surface area contributed by atoms with Crippen molar-refractivity contribution in [1.82, 2.24) is 4.90 Å². The van der Waals surface area contributed by atoms with Gasteiger partial charge in [-0.05, 0) is 36.4 Å². The highest BCUT2D eigenvalue weighted by molar-refractivity contribution is 5.95. The van der Waals surface area contributed by atoms with Gasteiger partial charge in [-0.3, -0.25) is 9.59 Å². The van der Waals surface area contributed by atoms with E-state index in [0.717, 1.165) is 0 Å². The van der Waals surface area contributed by atoms with Crippen molar-refractivity contribution < 1.29 is 27.9 Å². The second kappa shape index (κ2) is 7.13. The Hall–Kier alpha value is -2.71. The molecule has 0 saturated carbocycles. The molecule has 0 radical (unpaired) electrons. The molecule has 0 N–H and O–H groups in total. The van der Waals surface area contributed by atoms with Gasteiger partial charge in [-0.15, -0.1) is 0 Å². The van der Waals surface area contributed by atoms with Crippen LogP contribution in [0.4, 0.5) is 10.1 Å². The Morgan fingerprint density at radius 3 is 2.70 bits per heavy atom. The summed E-state index contributed by atoms with van der Waals surface area (Å²) in [6.07, 6.45) is 1.45. The van der Waals surface area contributed by atoms with Crippen molar-refractivity contribution in [2.75, 3.05) is 44.4 Å². The van der Waals surface area contributed by atoms with Gasteiger partial charge < -0.3 is 23.7 Å². The highest BCUT2D eigenvalue weighted by Gasteiger charge is 2.44. The number of carbonyl (C=O) groups is 2. The lowest BCUT2D eigenvalue weighted by Gasteiger charge is -2.42. The Morgan fingerprint density at radius 1 is 1.15 bits per heavy atom. The molecule has 2 aliphatic heterocycles. The smallest absolute Gasteiger partial charge is 0.289 e. The lowest BCUT2D eigenvalue weighted by atomic mass is 10.0. The van der Waals surface area contributed by atoms with Gasteiger partial charge >= 0.3 is 0 Å². The zero-order valence-electron chi connectivity index (χ0n) is 14.6. The molecular formula is C19H19FN2O5. The molecular weight excluding hydrogens is 355 g/mol. The number of benzene rings is 1. The summed E-state index contributed by atoms with van der Waals surface area (Å²) in [5.74, 6) is -0.601. The molecule has 8 heteroatoms. The average molecular weight is 374 g/mol. The first-order valence-electron chi connectivity index (χ1n) is 8.67. The van der Waals surface area contributed by atoms with Crippen LogP contribution in [0.5, 0.6) is 0 Å². The largest absolute Gasteiger partial charge is 0.459 e. The van der Waals surface area contributed by atoms with E-state index < -0.39 is 5.60 Å². The van der Waals surface area contributed by atoms with Crippen molar-refractivity contribution in [3.05, 3.63) is 54.2 Å². The minimum atomic E-state index is -0.860. The lowest BCUT2D eigenvalue weighted by Crippen LogP contribution is -2.61. The summed E-state index contributed by atoms with van der Waals surface area (Å²) in [4.78, 5) is 28.2. The molecule has 2 saturated heterocycles. The molecule has 142 valence electrons. The van der Waals surface area contributed by atoms with Crippen LogP contribution < -0.4 is 4.90 Å². The summed E-state index contributed by atoms with van der Waals surface area (Å²) in [5.41, 5.74) is -0.279. The molecule has 2 aliphatic rings. The minimum Gasteiger partial charge on any atom is -0.459 e. The van der Waals surface area contributed by atoms with Gasteiger partial charge in [0.15, 0.2) is 5.76 Å². The predicted octanol–water partition coefficient (Wildman–Crippen LogP) is 1.69. The van der Waals surface area contributed by atoms with Crippen molar-refractivity contribution in [3.8, 4) is 0 Å². The standard InChI is InChI=1S/C19H19FN2O5/c20-14-3-5-15(6-4-14)22-12-19(27-10-17(22)23)11-21(7-9-25-13-19)18(24)16-2-1-8-26-16/h1-6,8H,7,9-13H2/t19-/m0/s1. The third kappa shape index (κ3) is 3.58. The molecule has 2 amide bonds. The number of furan rings is 1. The van der Waals surface area contributed by atoms with Crippen molar-refractivity contribution in [2.45, 2.75) is 5.60 Å². The zero-order valence-corrected chi connectivity index (χ0v) is 14.6. The fraction of sp³-hybridized carbons (Fsp3) is 0.368. The van der Waals surface area contributed by atoms with Gasteiger partial charge in [-0.1, -0.05) is 0 Å². The highest BCUT2D eigenvalue weighted by atomic mass is 19.1. The van der Waals surface area contributed by atoms with Crippen molar-refractivity contribution in [2.24, 2.45) is 0 Å². The number of rotatable bonds is 2. The molecule has 1 aromatic carbocycles. The van der Waals surface area contributed by atoms with Crippen LogP contribution in [0.1, 0.15) is 10.6 Å². The van der Waals surface area contributed by atoms with Crippen molar-refractivity contribution >= 4 is 17.5 Å². The Bertz CT molecular complexity index is 823. The fourth-order valence-corrected chi connectivity index (χ4v) is 3.39. The maximum atomic E-state index is 13.2. The van der Waals surface area contributed by atoms with Gasteiger partial charge in [0.1, 0.15) is 18.0 Å². The van der Waals surface area contributed by atoms with E-state index in [1.807, 2.05) is 0 Å². The Kier molecular flexibility index (Phi) is 4.67. The number of hydrogen-bond acceptors (Lipinski definition) is 5. The molecule has 1 atom stereocenters. The molecule has 7 nitrogen and oxygen atoms in total. The average Bonchev–Trinajstić information content (AvgIpc) is 3.13. The van der Waals surface area contributed by atoms with Crippen LogP contribution in [-0.4, -0.2) is 61.8 Å². The monoisotopic (exact) mass is 374 g/mol. The predicted molar refractivity (Wildman–Crippen MR) is 92.9 cm³/mol. The van der Waals surface area contributed by atoms with Gasteiger partial charge in [0.25, 0.3) is 11.8 Å². The quantitative estimate of drug-likeness (QED) is 0.800. The van der Waals surface area contributed by atoms with Gasteiger partial charge in [0, 0.05) is 12.2 Å².